The third kappa shape index (κ3) is 3.55. The number of hydrogen-bond acceptors (Lipinski definition) is 3. The molecule has 0 aromatic heterocycles. The number of amides is 2. The zero-order valence-electron chi connectivity index (χ0n) is 16.1. The van der Waals surface area contributed by atoms with Gasteiger partial charge in [-0.2, -0.15) is 0 Å². The molecule has 0 aliphatic carbocycles. The van der Waals surface area contributed by atoms with Crippen LogP contribution < -0.4 is 10.2 Å². The number of hydrogen-bond donors (Lipinski definition) is 1. The Morgan fingerprint density at radius 1 is 0.828 bits per heavy atom. The van der Waals surface area contributed by atoms with Crippen molar-refractivity contribution in [3.8, 4) is 0 Å². The second-order valence-electron chi connectivity index (χ2n) is 6.98. The number of carbonyl (C=O) groups excluding carboxylic acids is 2. The van der Waals surface area contributed by atoms with E-state index in [9.17, 15) is 9.59 Å². The maximum atomic E-state index is 13.3. The molecule has 29 heavy (non-hydrogen) atoms. The second kappa shape index (κ2) is 7.57. The zero-order chi connectivity index (χ0) is 20.5. The van der Waals surface area contributed by atoms with E-state index in [0.29, 0.717) is 21.8 Å². The Kier molecular flexibility index (Phi) is 4.95. The first kappa shape index (κ1) is 19.0. The van der Waals surface area contributed by atoms with Crippen molar-refractivity contribution in [2.45, 2.75) is 13.8 Å². The Labute approximate surface area is 174 Å². The number of nitrogens with one attached hydrogen (secondary N) is 1. The standard InChI is InChI=1S/C24H19ClN2O2/c1-15-11-12-20(16(2)13-15)26-22-21(17-7-4-3-5-8-17)23(28)27(24(22)29)19-10-6-9-18(25)14-19/h3-14,26H,1-2H3. The molecular weight excluding hydrogens is 384 g/mol. The van der Waals surface area contributed by atoms with E-state index in [-0.39, 0.29) is 11.6 Å². The van der Waals surface area contributed by atoms with Crippen LogP contribution in [0.25, 0.3) is 5.57 Å². The van der Waals surface area contributed by atoms with Gasteiger partial charge in [-0.15, -0.1) is 0 Å². The fourth-order valence-electron chi connectivity index (χ4n) is 3.46. The van der Waals surface area contributed by atoms with Crippen LogP contribution in [0, 0.1) is 13.8 Å². The monoisotopic (exact) mass is 402 g/mol. The van der Waals surface area contributed by atoms with Crippen molar-refractivity contribution in [1.82, 2.24) is 0 Å². The smallest absolute Gasteiger partial charge is 0.282 e. The fraction of sp³-hybridized carbons (Fsp3) is 0.0833. The van der Waals surface area contributed by atoms with Gasteiger partial charge in [-0.1, -0.05) is 65.7 Å². The molecule has 3 aromatic rings. The maximum Gasteiger partial charge on any atom is 0.282 e. The van der Waals surface area contributed by atoms with Crippen molar-refractivity contribution >= 4 is 40.4 Å². The van der Waals surface area contributed by atoms with Gasteiger partial charge in [0.1, 0.15) is 5.70 Å². The summed E-state index contributed by atoms with van der Waals surface area (Å²) in [5, 5.41) is 3.67. The molecule has 0 unspecified atom stereocenters. The SMILES string of the molecule is Cc1ccc(NC2=C(c3ccccc3)C(=O)N(c3cccc(Cl)c3)C2=O)c(C)c1. The lowest BCUT2D eigenvalue weighted by Crippen LogP contribution is -2.32. The van der Waals surface area contributed by atoms with E-state index in [4.69, 9.17) is 11.6 Å². The van der Waals surface area contributed by atoms with Gasteiger partial charge in [0.15, 0.2) is 0 Å². The third-order valence-corrected chi connectivity index (χ3v) is 5.09. The molecule has 3 aromatic carbocycles. The summed E-state index contributed by atoms with van der Waals surface area (Å²) in [6, 6.07) is 21.9. The lowest BCUT2D eigenvalue weighted by atomic mass is 10.0. The van der Waals surface area contributed by atoms with Gasteiger partial charge in [-0.05, 0) is 49.2 Å². The maximum absolute atomic E-state index is 13.3. The Balaban J connectivity index is 1.84. The Morgan fingerprint density at radius 3 is 2.28 bits per heavy atom. The number of halogens is 1. The van der Waals surface area contributed by atoms with E-state index in [1.165, 1.54) is 4.90 Å². The third-order valence-electron chi connectivity index (χ3n) is 4.85. The molecule has 144 valence electrons. The Morgan fingerprint density at radius 2 is 1.59 bits per heavy atom. The summed E-state index contributed by atoms with van der Waals surface area (Å²) in [5.41, 5.74) is 4.63. The van der Waals surface area contributed by atoms with Gasteiger partial charge in [0.2, 0.25) is 0 Å². The van der Waals surface area contributed by atoms with Gasteiger partial charge in [0.25, 0.3) is 11.8 Å². The highest BCUT2D eigenvalue weighted by Crippen LogP contribution is 2.35. The number of imide groups is 1. The quantitative estimate of drug-likeness (QED) is 0.598. The number of carbonyl (C=O) groups is 2. The van der Waals surface area contributed by atoms with Gasteiger partial charge in [-0.3, -0.25) is 9.59 Å². The molecule has 1 heterocycles. The first-order valence-electron chi connectivity index (χ1n) is 9.24. The first-order valence-corrected chi connectivity index (χ1v) is 9.62. The van der Waals surface area contributed by atoms with Gasteiger partial charge in [-0.25, -0.2) is 4.90 Å². The highest BCUT2D eigenvalue weighted by molar-refractivity contribution is 6.46. The summed E-state index contributed by atoms with van der Waals surface area (Å²) in [7, 11) is 0. The summed E-state index contributed by atoms with van der Waals surface area (Å²) in [4.78, 5) is 27.8. The number of anilines is 2. The van der Waals surface area contributed by atoms with Crippen LogP contribution in [-0.2, 0) is 9.59 Å². The molecule has 0 saturated carbocycles. The normalized spacial score (nSPS) is 14.0. The lowest BCUT2D eigenvalue weighted by Gasteiger charge is -2.16. The van der Waals surface area contributed by atoms with Crippen molar-refractivity contribution < 1.29 is 9.59 Å². The van der Waals surface area contributed by atoms with Crippen LogP contribution in [0.4, 0.5) is 11.4 Å². The van der Waals surface area contributed by atoms with Crippen molar-refractivity contribution in [3.63, 3.8) is 0 Å². The first-order chi connectivity index (χ1) is 14.0. The molecule has 0 atom stereocenters. The van der Waals surface area contributed by atoms with Gasteiger partial charge < -0.3 is 5.32 Å². The molecule has 1 N–H and O–H groups in total. The Bertz CT molecular complexity index is 1150. The van der Waals surface area contributed by atoms with Crippen molar-refractivity contribution in [2.75, 3.05) is 10.2 Å². The van der Waals surface area contributed by atoms with Crippen molar-refractivity contribution in [3.05, 3.63) is 100 Å². The van der Waals surface area contributed by atoms with Gasteiger partial charge >= 0.3 is 0 Å². The highest BCUT2D eigenvalue weighted by Gasteiger charge is 2.40. The van der Waals surface area contributed by atoms with Crippen LogP contribution in [-0.4, -0.2) is 11.8 Å². The highest BCUT2D eigenvalue weighted by atomic mass is 35.5. The van der Waals surface area contributed by atoms with Crippen LogP contribution in [0.3, 0.4) is 0 Å². The van der Waals surface area contributed by atoms with Crippen molar-refractivity contribution in [2.24, 2.45) is 0 Å². The lowest BCUT2D eigenvalue weighted by molar-refractivity contribution is -0.120. The van der Waals surface area contributed by atoms with Crippen LogP contribution in [0.1, 0.15) is 16.7 Å². The number of nitrogens with zero attached hydrogens (tertiary/aromatic N) is 1. The zero-order valence-corrected chi connectivity index (χ0v) is 16.8. The van der Waals surface area contributed by atoms with Gasteiger partial charge in [0.05, 0.1) is 11.3 Å². The average molecular weight is 403 g/mol. The minimum absolute atomic E-state index is 0.258. The van der Waals surface area contributed by atoms with Crippen LogP contribution in [0.5, 0.6) is 0 Å². The van der Waals surface area contributed by atoms with Crippen LogP contribution >= 0.6 is 11.6 Å². The molecule has 1 aliphatic heterocycles. The molecule has 0 radical (unpaired) electrons. The summed E-state index contributed by atoms with van der Waals surface area (Å²) >= 11 is 6.10. The topological polar surface area (TPSA) is 49.4 Å². The van der Waals surface area contributed by atoms with E-state index in [1.807, 2.05) is 62.4 Å². The molecule has 5 heteroatoms. The molecule has 0 bridgehead atoms. The largest absolute Gasteiger partial charge is 0.350 e. The minimum atomic E-state index is -0.406. The second-order valence-corrected chi connectivity index (χ2v) is 7.42. The molecule has 4 rings (SSSR count). The van der Waals surface area contributed by atoms with Crippen LogP contribution in [0.15, 0.2) is 78.5 Å². The van der Waals surface area contributed by atoms with Crippen LogP contribution in [0.2, 0.25) is 5.02 Å². The number of aryl methyl sites for hydroxylation is 2. The molecule has 4 nitrogen and oxygen atoms in total. The molecule has 2 amide bonds. The summed E-state index contributed by atoms with van der Waals surface area (Å²) < 4.78 is 0. The summed E-state index contributed by atoms with van der Waals surface area (Å²) in [5.74, 6) is -0.785. The molecule has 0 fully saturated rings. The summed E-state index contributed by atoms with van der Waals surface area (Å²) in [6.07, 6.45) is 0. The fourth-order valence-corrected chi connectivity index (χ4v) is 3.64. The van der Waals surface area contributed by atoms with E-state index >= 15 is 0 Å². The van der Waals surface area contributed by atoms with E-state index in [0.717, 1.165) is 16.8 Å². The van der Waals surface area contributed by atoms with E-state index in [1.54, 1.807) is 24.3 Å². The van der Waals surface area contributed by atoms with Crippen molar-refractivity contribution in [1.29, 1.82) is 0 Å². The van der Waals surface area contributed by atoms with E-state index < -0.39 is 5.91 Å². The molecule has 1 aliphatic rings. The minimum Gasteiger partial charge on any atom is -0.350 e. The van der Waals surface area contributed by atoms with E-state index in [2.05, 4.69) is 5.32 Å². The predicted octanol–water partition coefficient (Wildman–Crippen LogP) is 5.35. The predicted molar refractivity (Wildman–Crippen MR) is 117 cm³/mol. The average Bonchev–Trinajstić information content (AvgIpc) is 2.94. The Hall–Kier alpha value is -3.37. The molecular formula is C24H19ClN2O2. The molecule has 0 spiro atoms. The van der Waals surface area contributed by atoms with Gasteiger partial charge in [0, 0.05) is 10.7 Å². The molecule has 0 saturated heterocycles. The number of benzene rings is 3. The summed E-state index contributed by atoms with van der Waals surface area (Å²) in [6.45, 7) is 3.98. The number of rotatable bonds is 4.